The Kier molecular flexibility index (Phi) is 3.25. The smallest absolute Gasteiger partial charge is 0.142 e. The second kappa shape index (κ2) is 4.78. The molecule has 1 aromatic rings. The van der Waals surface area contributed by atoms with Crippen molar-refractivity contribution in [3.63, 3.8) is 0 Å². The van der Waals surface area contributed by atoms with Gasteiger partial charge in [-0.05, 0) is 37.8 Å². The van der Waals surface area contributed by atoms with Crippen LogP contribution in [0.3, 0.4) is 0 Å². The summed E-state index contributed by atoms with van der Waals surface area (Å²) in [6.45, 7) is 5.93. The SMILES string of the molecule is CC1(C)CCC(CN(Cc2ccco2)C2CC2)C1=O. The topological polar surface area (TPSA) is 33.5 Å². The molecule has 0 N–H and O–H groups in total. The maximum absolute atomic E-state index is 12.4. The zero-order valence-electron chi connectivity index (χ0n) is 11.9. The van der Waals surface area contributed by atoms with Crippen LogP contribution in [0.4, 0.5) is 0 Å². The molecule has 1 atom stereocenters. The van der Waals surface area contributed by atoms with E-state index in [9.17, 15) is 4.79 Å². The molecule has 0 spiro atoms. The lowest BCUT2D eigenvalue weighted by atomic mass is 9.89. The first kappa shape index (κ1) is 12.9. The molecule has 2 aliphatic rings. The Balaban J connectivity index is 1.64. The van der Waals surface area contributed by atoms with E-state index in [0.717, 1.165) is 31.7 Å². The average molecular weight is 261 g/mol. The largest absolute Gasteiger partial charge is 0.468 e. The van der Waals surface area contributed by atoms with Crippen molar-refractivity contribution in [1.82, 2.24) is 4.90 Å². The van der Waals surface area contributed by atoms with Gasteiger partial charge in [-0.2, -0.15) is 0 Å². The Labute approximate surface area is 115 Å². The number of Topliss-reactive ketones (excluding diaryl/α,β-unsaturated/α-hetero) is 1. The van der Waals surface area contributed by atoms with Gasteiger partial charge in [-0.3, -0.25) is 9.69 Å². The van der Waals surface area contributed by atoms with Gasteiger partial charge in [0.05, 0.1) is 12.8 Å². The normalized spacial score (nSPS) is 26.3. The van der Waals surface area contributed by atoms with Gasteiger partial charge in [-0.1, -0.05) is 13.8 Å². The second-order valence-corrected chi connectivity index (χ2v) is 6.72. The number of hydrogen-bond acceptors (Lipinski definition) is 3. The summed E-state index contributed by atoms with van der Waals surface area (Å²) in [6, 6.07) is 4.63. The van der Waals surface area contributed by atoms with Crippen molar-refractivity contribution in [2.75, 3.05) is 6.54 Å². The fraction of sp³-hybridized carbons (Fsp3) is 0.688. The van der Waals surface area contributed by atoms with Crippen LogP contribution in [0.15, 0.2) is 22.8 Å². The lowest BCUT2D eigenvalue weighted by Gasteiger charge is -2.24. The van der Waals surface area contributed by atoms with E-state index in [0.29, 0.717) is 11.8 Å². The van der Waals surface area contributed by atoms with E-state index in [1.54, 1.807) is 6.26 Å². The molecule has 1 unspecified atom stereocenters. The van der Waals surface area contributed by atoms with E-state index >= 15 is 0 Å². The maximum Gasteiger partial charge on any atom is 0.142 e. The van der Waals surface area contributed by atoms with E-state index in [2.05, 4.69) is 18.7 Å². The zero-order chi connectivity index (χ0) is 13.5. The van der Waals surface area contributed by atoms with Gasteiger partial charge in [-0.25, -0.2) is 0 Å². The van der Waals surface area contributed by atoms with E-state index in [4.69, 9.17) is 4.42 Å². The third kappa shape index (κ3) is 2.76. The van der Waals surface area contributed by atoms with Crippen molar-refractivity contribution >= 4 is 5.78 Å². The molecule has 0 saturated heterocycles. The summed E-state index contributed by atoms with van der Waals surface area (Å²) in [6.07, 6.45) is 6.35. The van der Waals surface area contributed by atoms with Gasteiger partial charge < -0.3 is 4.42 Å². The predicted octanol–water partition coefficient (Wildman–Crippen LogP) is 3.25. The molecule has 19 heavy (non-hydrogen) atoms. The van der Waals surface area contributed by atoms with Gasteiger partial charge in [0.1, 0.15) is 11.5 Å². The monoisotopic (exact) mass is 261 g/mol. The van der Waals surface area contributed by atoms with Crippen LogP contribution in [0.25, 0.3) is 0 Å². The Bertz CT molecular complexity index is 445. The summed E-state index contributed by atoms with van der Waals surface area (Å²) in [4.78, 5) is 14.8. The molecule has 0 radical (unpaired) electrons. The first-order chi connectivity index (χ1) is 9.06. The first-order valence-electron chi connectivity index (χ1n) is 7.37. The van der Waals surface area contributed by atoms with Crippen molar-refractivity contribution in [3.8, 4) is 0 Å². The van der Waals surface area contributed by atoms with E-state index in [-0.39, 0.29) is 11.3 Å². The highest BCUT2D eigenvalue weighted by Gasteiger charge is 2.42. The lowest BCUT2D eigenvalue weighted by molar-refractivity contribution is -0.128. The highest BCUT2D eigenvalue weighted by Crippen LogP contribution is 2.39. The van der Waals surface area contributed by atoms with Crippen LogP contribution in [-0.4, -0.2) is 23.3 Å². The van der Waals surface area contributed by atoms with Crippen molar-refractivity contribution in [2.24, 2.45) is 11.3 Å². The molecule has 0 bridgehead atoms. The average Bonchev–Trinajstić information content (AvgIpc) is 3.04. The Morgan fingerprint density at radius 2 is 2.16 bits per heavy atom. The van der Waals surface area contributed by atoms with Crippen LogP contribution < -0.4 is 0 Å². The molecule has 3 rings (SSSR count). The summed E-state index contributed by atoms with van der Waals surface area (Å²) < 4.78 is 5.45. The van der Waals surface area contributed by atoms with Crippen LogP contribution in [0.1, 0.15) is 45.3 Å². The molecular weight excluding hydrogens is 238 g/mol. The van der Waals surface area contributed by atoms with Crippen LogP contribution in [0.5, 0.6) is 0 Å². The summed E-state index contributed by atoms with van der Waals surface area (Å²) in [5.41, 5.74) is -0.107. The van der Waals surface area contributed by atoms with Crippen molar-refractivity contribution in [1.29, 1.82) is 0 Å². The minimum absolute atomic E-state index is 0.107. The first-order valence-corrected chi connectivity index (χ1v) is 7.37. The quantitative estimate of drug-likeness (QED) is 0.815. The van der Waals surface area contributed by atoms with Gasteiger partial charge in [0.15, 0.2) is 0 Å². The van der Waals surface area contributed by atoms with Gasteiger partial charge >= 0.3 is 0 Å². The van der Waals surface area contributed by atoms with Crippen LogP contribution in [-0.2, 0) is 11.3 Å². The fourth-order valence-corrected chi connectivity index (χ4v) is 3.18. The molecule has 1 heterocycles. The van der Waals surface area contributed by atoms with Crippen LogP contribution >= 0.6 is 0 Å². The fourth-order valence-electron chi connectivity index (χ4n) is 3.18. The van der Waals surface area contributed by atoms with E-state index < -0.39 is 0 Å². The summed E-state index contributed by atoms with van der Waals surface area (Å²) in [5.74, 6) is 1.69. The maximum atomic E-state index is 12.4. The Morgan fingerprint density at radius 1 is 1.37 bits per heavy atom. The summed E-state index contributed by atoms with van der Waals surface area (Å²) in [5, 5.41) is 0. The Morgan fingerprint density at radius 3 is 2.68 bits per heavy atom. The number of nitrogens with zero attached hydrogens (tertiary/aromatic N) is 1. The minimum Gasteiger partial charge on any atom is -0.468 e. The molecule has 0 amide bonds. The number of furan rings is 1. The molecule has 0 aromatic carbocycles. The number of carbonyl (C=O) groups is 1. The molecule has 0 aliphatic heterocycles. The van der Waals surface area contributed by atoms with Crippen molar-refractivity contribution < 1.29 is 9.21 Å². The summed E-state index contributed by atoms with van der Waals surface area (Å²) in [7, 11) is 0. The number of hydrogen-bond donors (Lipinski definition) is 0. The minimum atomic E-state index is -0.107. The molecule has 104 valence electrons. The molecule has 2 saturated carbocycles. The predicted molar refractivity (Wildman–Crippen MR) is 73.7 cm³/mol. The lowest BCUT2D eigenvalue weighted by Crippen LogP contribution is -2.34. The third-order valence-corrected chi connectivity index (χ3v) is 4.61. The standard InChI is InChI=1S/C16H23NO2/c1-16(2)8-7-12(15(16)18)10-17(13-5-6-13)11-14-4-3-9-19-14/h3-4,9,12-13H,5-8,10-11H2,1-2H3. The molecular formula is C16H23NO2. The molecule has 2 fully saturated rings. The highest BCUT2D eigenvalue weighted by molar-refractivity contribution is 5.88. The van der Waals surface area contributed by atoms with Gasteiger partial charge in [0, 0.05) is 23.9 Å². The van der Waals surface area contributed by atoms with E-state index in [1.807, 2.05) is 12.1 Å². The van der Waals surface area contributed by atoms with Crippen molar-refractivity contribution in [2.45, 2.75) is 52.1 Å². The second-order valence-electron chi connectivity index (χ2n) is 6.72. The number of rotatable bonds is 5. The zero-order valence-corrected chi connectivity index (χ0v) is 11.9. The molecule has 3 heteroatoms. The third-order valence-electron chi connectivity index (χ3n) is 4.61. The van der Waals surface area contributed by atoms with E-state index in [1.165, 1.54) is 12.8 Å². The van der Waals surface area contributed by atoms with Crippen LogP contribution in [0, 0.1) is 11.3 Å². The van der Waals surface area contributed by atoms with Gasteiger partial charge in [0.2, 0.25) is 0 Å². The molecule has 2 aliphatic carbocycles. The van der Waals surface area contributed by atoms with Crippen LogP contribution in [0.2, 0.25) is 0 Å². The van der Waals surface area contributed by atoms with Gasteiger partial charge in [-0.15, -0.1) is 0 Å². The number of ketones is 1. The van der Waals surface area contributed by atoms with Gasteiger partial charge in [0.25, 0.3) is 0 Å². The van der Waals surface area contributed by atoms with Crippen molar-refractivity contribution in [3.05, 3.63) is 24.2 Å². The highest BCUT2D eigenvalue weighted by atomic mass is 16.3. The summed E-state index contributed by atoms with van der Waals surface area (Å²) >= 11 is 0. The molecule has 1 aromatic heterocycles. The molecule has 3 nitrogen and oxygen atoms in total. The Hall–Kier alpha value is -1.09. The number of carbonyl (C=O) groups excluding carboxylic acids is 1.